The van der Waals surface area contributed by atoms with Gasteiger partial charge in [-0.05, 0) is 55.6 Å². The van der Waals surface area contributed by atoms with E-state index in [9.17, 15) is 4.39 Å². The van der Waals surface area contributed by atoms with Crippen LogP contribution < -0.4 is 5.32 Å². The number of rotatable bonds is 5. The van der Waals surface area contributed by atoms with E-state index in [-0.39, 0.29) is 5.82 Å². The Hall–Kier alpha value is -1.67. The van der Waals surface area contributed by atoms with E-state index in [0.717, 1.165) is 18.5 Å². The molecule has 100 valence electrons. The van der Waals surface area contributed by atoms with Crippen LogP contribution in [0.4, 0.5) is 4.39 Å². The third-order valence-electron chi connectivity index (χ3n) is 3.43. The van der Waals surface area contributed by atoms with E-state index in [1.165, 1.54) is 23.3 Å². The Kier molecular flexibility index (Phi) is 4.69. The molecule has 0 saturated heterocycles. The highest BCUT2D eigenvalue weighted by Gasteiger charge is 2.06. The van der Waals surface area contributed by atoms with Crippen molar-refractivity contribution in [2.75, 3.05) is 6.54 Å². The van der Waals surface area contributed by atoms with Gasteiger partial charge < -0.3 is 5.32 Å². The molecule has 0 aliphatic carbocycles. The summed E-state index contributed by atoms with van der Waals surface area (Å²) in [5.41, 5.74) is 3.80. The minimum atomic E-state index is -0.176. The van der Waals surface area contributed by atoms with E-state index in [2.05, 4.69) is 43.4 Å². The van der Waals surface area contributed by atoms with E-state index in [1.807, 2.05) is 12.1 Å². The minimum absolute atomic E-state index is 0.176. The molecular formula is C17H20FN. The lowest BCUT2D eigenvalue weighted by Gasteiger charge is -2.16. The predicted octanol–water partition coefficient (Wildman–Crippen LogP) is 4.03. The molecule has 0 saturated carbocycles. The van der Waals surface area contributed by atoms with Gasteiger partial charge >= 0.3 is 0 Å². The number of hydrogen-bond acceptors (Lipinski definition) is 1. The molecule has 19 heavy (non-hydrogen) atoms. The second-order valence-corrected chi connectivity index (χ2v) is 4.91. The van der Waals surface area contributed by atoms with Crippen LogP contribution in [-0.4, -0.2) is 6.54 Å². The van der Waals surface area contributed by atoms with Gasteiger partial charge in [-0.15, -0.1) is 0 Å². The minimum Gasteiger partial charge on any atom is -0.310 e. The van der Waals surface area contributed by atoms with E-state index < -0.39 is 0 Å². The average Bonchev–Trinajstić information content (AvgIpc) is 2.41. The smallest absolute Gasteiger partial charge is 0.123 e. The summed E-state index contributed by atoms with van der Waals surface area (Å²) in [6, 6.07) is 15.5. The Morgan fingerprint density at radius 3 is 2.42 bits per heavy atom. The summed E-state index contributed by atoms with van der Waals surface area (Å²) in [6.45, 7) is 5.20. The number of halogens is 1. The molecule has 2 heteroatoms. The first kappa shape index (κ1) is 13.8. The maximum Gasteiger partial charge on any atom is 0.123 e. The lowest BCUT2D eigenvalue weighted by molar-refractivity contribution is 0.573. The molecule has 2 aromatic rings. The van der Waals surface area contributed by atoms with Crippen molar-refractivity contribution >= 4 is 0 Å². The Morgan fingerprint density at radius 2 is 1.74 bits per heavy atom. The fourth-order valence-corrected chi connectivity index (χ4v) is 2.27. The molecule has 1 atom stereocenters. The second kappa shape index (κ2) is 6.48. The standard InChI is InChI=1S/C17H20FN/c1-13-5-3-4-6-17(13)14(2)19-12-11-15-7-9-16(18)10-8-15/h3-10,14,19H,11-12H2,1-2H3. The Bertz CT molecular complexity index is 519. The highest BCUT2D eigenvalue weighted by Crippen LogP contribution is 2.16. The summed E-state index contributed by atoms with van der Waals surface area (Å²) in [7, 11) is 0. The van der Waals surface area contributed by atoms with Gasteiger partial charge in [0.25, 0.3) is 0 Å². The van der Waals surface area contributed by atoms with Gasteiger partial charge in [0.15, 0.2) is 0 Å². The lowest BCUT2D eigenvalue weighted by Crippen LogP contribution is -2.22. The van der Waals surface area contributed by atoms with Gasteiger partial charge in [0.2, 0.25) is 0 Å². The molecule has 0 aromatic heterocycles. The van der Waals surface area contributed by atoms with Crippen LogP contribution in [0.5, 0.6) is 0 Å². The number of nitrogens with one attached hydrogen (secondary N) is 1. The summed E-state index contributed by atoms with van der Waals surface area (Å²) in [6.07, 6.45) is 0.913. The van der Waals surface area contributed by atoms with E-state index >= 15 is 0 Å². The van der Waals surface area contributed by atoms with E-state index in [4.69, 9.17) is 0 Å². The van der Waals surface area contributed by atoms with Gasteiger partial charge in [-0.1, -0.05) is 36.4 Å². The summed E-state index contributed by atoms with van der Waals surface area (Å²) >= 11 is 0. The SMILES string of the molecule is Cc1ccccc1C(C)NCCc1ccc(F)cc1. The summed E-state index contributed by atoms with van der Waals surface area (Å²) in [5, 5.41) is 3.51. The molecule has 0 aliphatic heterocycles. The Labute approximate surface area is 114 Å². The average molecular weight is 257 g/mol. The first-order valence-corrected chi connectivity index (χ1v) is 6.70. The molecule has 0 amide bonds. The third kappa shape index (κ3) is 3.90. The molecule has 2 rings (SSSR count). The van der Waals surface area contributed by atoms with Crippen LogP contribution in [0.25, 0.3) is 0 Å². The Balaban J connectivity index is 1.86. The highest BCUT2D eigenvalue weighted by atomic mass is 19.1. The molecule has 0 bridgehead atoms. The molecular weight excluding hydrogens is 237 g/mol. The molecule has 0 radical (unpaired) electrons. The zero-order valence-electron chi connectivity index (χ0n) is 11.5. The van der Waals surface area contributed by atoms with Gasteiger partial charge in [-0.2, -0.15) is 0 Å². The van der Waals surface area contributed by atoms with Crippen molar-refractivity contribution in [2.24, 2.45) is 0 Å². The fraction of sp³-hybridized carbons (Fsp3) is 0.294. The van der Waals surface area contributed by atoms with Crippen LogP contribution in [0, 0.1) is 12.7 Å². The predicted molar refractivity (Wildman–Crippen MR) is 77.7 cm³/mol. The van der Waals surface area contributed by atoms with Crippen molar-refractivity contribution in [3.63, 3.8) is 0 Å². The molecule has 1 unspecified atom stereocenters. The zero-order valence-corrected chi connectivity index (χ0v) is 11.5. The quantitative estimate of drug-likeness (QED) is 0.852. The van der Waals surface area contributed by atoms with Gasteiger partial charge in [0.05, 0.1) is 0 Å². The summed E-state index contributed by atoms with van der Waals surface area (Å²) < 4.78 is 12.8. The highest BCUT2D eigenvalue weighted by molar-refractivity contribution is 5.28. The largest absolute Gasteiger partial charge is 0.310 e. The van der Waals surface area contributed by atoms with Crippen LogP contribution in [-0.2, 0) is 6.42 Å². The lowest BCUT2D eigenvalue weighted by atomic mass is 10.0. The molecule has 0 aliphatic rings. The Morgan fingerprint density at radius 1 is 1.05 bits per heavy atom. The first-order valence-electron chi connectivity index (χ1n) is 6.70. The fourth-order valence-electron chi connectivity index (χ4n) is 2.27. The topological polar surface area (TPSA) is 12.0 Å². The maximum absolute atomic E-state index is 12.8. The number of benzene rings is 2. The second-order valence-electron chi connectivity index (χ2n) is 4.91. The zero-order chi connectivity index (χ0) is 13.7. The molecule has 2 aromatic carbocycles. The van der Waals surface area contributed by atoms with Crippen molar-refractivity contribution in [1.29, 1.82) is 0 Å². The van der Waals surface area contributed by atoms with Crippen LogP contribution in [0.1, 0.15) is 29.7 Å². The van der Waals surface area contributed by atoms with Crippen LogP contribution >= 0.6 is 0 Å². The maximum atomic E-state index is 12.8. The summed E-state index contributed by atoms with van der Waals surface area (Å²) in [4.78, 5) is 0. The van der Waals surface area contributed by atoms with E-state index in [0.29, 0.717) is 6.04 Å². The van der Waals surface area contributed by atoms with Crippen molar-refractivity contribution in [3.05, 3.63) is 71.0 Å². The molecule has 1 nitrogen and oxygen atoms in total. The van der Waals surface area contributed by atoms with Crippen LogP contribution in [0.2, 0.25) is 0 Å². The van der Waals surface area contributed by atoms with Crippen LogP contribution in [0.3, 0.4) is 0 Å². The normalized spacial score (nSPS) is 12.4. The molecule has 0 fully saturated rings. The van der Waals surface area contributed by atoms with Gasteiger partial charge in [-0.25, -0.2) is 4.39 Å². The number of aryl methyl sites for hydroxylation is 1. The van der Waals surface area contributed by atoms with E-state index in [1.54, 1.807) is 0 Å². The molecule has 1 N–H and O–H groups in total. The van der Waals surface area contributed by atoms with Gasteiger partial charge in [0, 0.05) is 6.04 Å². The van der Waals surface area contributed by atoms with Crippen molar-refractivity contribution in [1.82, 2.24) is 5.32 Å². The van der Waals surface area contributed by atoms with Crippen molar-refractivity contribution in [2.45, 2.75) is 26.3 Å². The first-order chi connectivity index (χ1) is 9.16. The summed E-state index contributed by atoms with van der Waals surface area (Å²) in [5.74, 6) is -0.176. The third-order valence-corrected chi connectivity index (χ3v) is 3.43. The van der Waals surface area contributed by atoms with Crippen LogP contribution in [0.15, 0.2) is 48.5 Å². The molecule has 0 heterocycles. The molecule has 0 spiro atoms. The van der Waals surface area contributed by atoms with Crippen molar-refractivity contribution < 1.29 is 4.39 Å². The van der Waals surface area contributed by atoms with Crippen molar-refractivity contribution in [3.8, 4) is 0 Å². The van der Waals surface area contributed by atoms with Gasteiger partial charge in [-0.3, -0.25) is 0 Å². The monoisotopic (exact) mass is 257 g/mol. The number of hydrogen-bond donors (Lipinski definition) is 1. The van der Waals surface area contributed by atoms with Gasteiger partial charge in [0.1, 0.15) is 5.82 Å².